The van der Waals surface area contributed by atoms with Gasteiger partial charge in [-0.05, 0) is 18.6 Å². The number of benzene rings is 1. The Labute approximate surface area is 83.2 Å². The molecule has 76 valence electrons. The summed E-state index contributed by atoms with van der Waals surface area (Å²) in [5.41, 5.74) is 1.21. The smallest absolute Gasteiger partial charge is 0.0340 e. The lowest BCUT2D eigenvalue weighted by atomic mass is 10.3. The lowest BCUT2D eigenvalue weighted by molar-refractivity contribution is 0.980. The monoisotopic (exact) mass is 181 g/mol. The van der Waals surface area contributed by atoms with E-state index < -0.39 is 0 Å². The average Bonchev–Trinajstić information content (AvgIpc) is 2.19. The minimum absolute atomic E-state index is 0. The number of hydrogen-bond acceptors (Lipinski definition) is 1. The molecule has 0 aliphatic rings. The Morgan fingerprint density at radius 3 is 2.08 bits per heavy atom. The first-order chi connectivity index (χ1) is 5.93. The van der Waals surface area contributed by atoms with Crippen molar-refractivity contribution in [1.29, 1.82) is 0 Å². The maximum absolute atomic E-state index is 3.29. The van der Waals surface area contributed by atoms with Gasteiger partial charge in [0.05, 0.1) is 0 Å². The molecule has 13 heavy (non-hydrogen) atoms. The molecule has 1 aromatic rings. The van der Waals surface area contributed by atoms with Crippen LogP contribution in [0.25, 0.3) is 0 Å². The lowest BCUT2D eigenvalue weighted by Gasteiger charge is -2.01. The van der Waals surface area contributed by atoms with Crippen LogP contribution in [0.4, 0.5) is 5.69 Å². The van der Waals surface area contributed by atoms with Gasteiger partial charge in [0.25, 0.3) is 0 Å². The SMILES string of the molecule is C.CC.CCCNc1ccccc1. The fourth-order valence-corrected chi connectivity index (χ4v) is 0.825. The van der Waals surface area contributed by atoms with Crippen LogP contribution in [-0.4, -0.2) is 6.54 Å². The molecule has 0 amide bonds. The zero-order valence-corrected chi connectivity index (χ0v) is 8.30. The first-order valence-corrected chi connectivity index (χ1v) is 4.72. The summed E-state index contributed by atoms with van der Waals surface area (Å²) in [6.07, 6.45) is 1.18. The van der Waals surface area contributed by atoms with Crippen LogP contribution in [0.2, 0.25) is 0 Å². The highest BCUT2D eigenvalue weighted by atomic mass is 14.9. The molecule has 0 bridgehead atoms. The third kappa shape index (κ3) is 7.38. The summed E-state index contributed by atoms with van der Waals surface area (Å²) in [7, 11) is 0. The Kier molecular flexibility index (Phi) is 12.3. The quantitative estimate of drug-likeness (QED) is 0.738. The van der Waals surface area contributed by atoms with E-state index in [1.807, 2.05) is 32.0 Å². The Morgan fingerprint density at radius 2 is 1.62 bits per heavy atom. The first kappa shape index (κ1) is 14.5. The maximum Gasteiger partial charge on any atom is 0.0340 e. The molecule has 0 spiro atoms. The summed E-state index contributed by atoms with van der Waals surface area (Å²) in [5, 5.41) is 3.29. The van der Waals surface area contributed by atoms with Gasteiger partial charge in [-0.3, -0.25) is 0 Å². The van der Waals surface area contributed by atoms with Gasteiger partial charge < -0.3 is 5.32 Å². The van der Waals surface area contributed by atoms with Crippen LogP contribution in [0, 0.1) is 0 Å². The molecule has 0 aliphatic heterocycles. The molecule has 0 radical (unpaired) electrons. The van der Waals surface area contributed by atoms with Crippen molar-refractivity contribution >= 4 is 5.69 Å². The number of anilines is 1. The normalized spacial score (nSPS) is 7.62. The summed E-state index contributed by atoms with van der Waals surface area (Å²) in [5.74, 6) is 0. The largest absolute Gasteiger partial charge is 0.385 e. The Hall–Kier alpha value is -0.980. The van der Waals surface area contributed by atoms with Gasteiger partial charge in [-0.1, -0.05) is 46.4 Å². The molecule has 0 aliphatic carbocycles. The van der Waals surface area contributed by atoms with Crippen molar-refractivity contribution in [1.82, 2.24) is 0 Å². The Morgan fingerprint density at radius 1 is 1.08 bits per heavy atom. The average molecular weight is 181 g/mol. The predicted molar refractivity (Wildman–Crippen MR) is 63.3 cm³/mol. The van der Waals surface area contributed by atoms with Crippen LogP contribution in [-0.2, 0) is 0 Å². The zero-order valence-electron chi connectivity index (χ0n) is 8.30. The summed E-state index contributed by atoms with van der Waals surface area (Å²) < 4.78 is 0. The minimum atomic E-state index is 0. The van der Waals surface area contributed by atoms with Crippen LogP contribution in [0.5, 0.6) is 0 Å². The van der Waals surface area contributed by atoms with Crippen molar-refractivity contribution < 1.29 is 0 Å². The van der Waals surface area contributed by atoms with Gasteiger partial charge in [0.15, 0.2) is 0 Å². The third-order valence-corrected chi connectivity index (χ3v) is 1.35. The van der Waals surface area contributed by atoms with E-state index in [-0.39, 0.29) is 7.43 Å². The molecular weight excluding hydrogens is 158 g/mol. The minimum Gasteiger partial charge on any atom is -0.385 e. The van der Waals surface area contributed by atoms with E-state index in [1.54, 1.807) is 0 Å². The summed E-state index contributed by atoms with van der Waals surface area (Å²) in [6.45, 7) is 7.22. The maximum atomic E-state index is 3.29. The first-order valence-electron chi connectivity index (χ1n) is 4.72. The van der Waals surface area contributed by atoms with Crippen LogP contribution in [0.3, 0.4) is 0 Å². The van der Waals surface area contributed by atoms with Crippen molar-refractivity contribution in [2.24, 2.45) is 0 Å². The molecule has 1 N–H and O–H groups in total. The Bertz CT molecular complexity index is 170. The highest BCUT2D eigenvalue weighted by Crippen LogP contribution is 2.03. The second kappa shape index (κ2) is 11.0. The fraction of sp³-hybridized carbons (Fsp3) is 0.500. The molecular formula is C12H23N. The topological polar surface area (TPSA) is 12.0 Å². The van der Waals surface area contributed by atoms with E-state index in [4.69, 9.17) is 0 Å². The molecule has 0 unspecified atom stereocenters. The number of rotatable bonds is 3. The van der Waals surface area contributed by atoms with Gasteiger partial charge in [-0.2, -0.15) is 0 Å². The van der Waals surface area contributed by atoms with Crippen LogP contribution < -0.4 is 5.32 Å². The van der Waals surface area contributed by atoms with Crippen molar-refractivity contribution in [3.8, 4) is 0 Å². The Balaban J connectivity index is 0. The number of para-hydroxylation sites is 1. The molecule has 1 nitrogen and oxygen atoms in total. The fourth-order valence-electron chi connectivity index (χ4n) is 0.825. The van der Waals surface area contributed by atoms with Gasteiger partial charge in [0, 0.05) is 12.2 Å². The second-order valence-corrected chi connectivity index (χ2v) is 2.29. The van der Waals surface area contributed by atoms with E-state index in [0.717, 1.165) is 6.54 Å². The molecule has 1 aromatic carbocycles. The van der Waals surface area contributed by atoms with Crippen LogP contribution in [0.1, 0.15) is 34.6 Å². The van der Waals surface area contributed by atoms with Gasteiger partial charge in [-0.25, -0.2) is 0 Å². The molecule has 0 heterocycles. The van der Waals surface area contributed by atoms with E-state index >= 15 is 0 Å². The second-order valence-electron chi connectivity index (χ2n) is 2.29. The number of nitrogens with one attached hydrogen (secondary N) is 1. The highest BCUT2D eigenvalue weighted by Gasteiger charge is 1.84. The summed E-state index contributed by atoms with van der Waals surface area (Å²) >= 11 is 0. The van der Waals surface area contributed by atoms with E-state index in [2.05, 4.69) is 24.4 Å². The van der Waals surface area contributed by atoms with E-state index in [1.165, 1.54) is 12.1 Å². The van der Waals surface area contributed by atoms with Gasteiger partial charge in [0.1, 0.15) is 0 Å². The predicted octanol–water partition coefficient (Wildman–Crippen LogP) is 4.17. The molecule has 1 rings (SSSR count). The standard InChI is InChI=1S/C9H13N.C2H6.CH4/c1-2-8-10-9-6-4-3-5-7-9;1-2;/h3-7,10H,2,8H2,1H3;1-2H3;1H4. The zero-order chi connectivity index (χ0) is 9.23. The molecule has 0 atom stereocenters. The lowest BCUT2D eigenvalue weighted by Crippen LogP contribution is -1.98. The van der Waals surface area contributed by atoms with Crippen molar-refractivity contribution in [3.63, 3.8) is 0 Å². The number of hydrogen-bond donors (Lipinski definition) is 1. The summed E-state index contributed by atoms with van der Waals surface area (Å²) in [6, 6.07) is 10.3. The molecule has 0 aromatic heterocycles. The van der Waals surface area contributed by atoms with Gasteiger partial charge in [-0.15, -0.1) is 0 Å². The van der Waals surface area contributed by atoms with Crippen LogP contribution >= 0.6 is 0 Å². The third-order valence-electron chi connectivity index (χ3n) is 1.35. The highest BCUT2D eigenvalue weighted by molar-refractivity contribution is 5.42. The summed E-state index contributed by atoms with van der Waals surface area (Å²) in [4.78, 5) is 0. The van der Waals surface area contributed by atoms with Gasteiger partial charge >= 0.3 is 0 Å². The molecule has 0 fully saturated rings. The van der Waals surface area contributed by atoms with Gasteiger partial charge in [0.2, 0.25) is 0 Å². The van der Waals surface area contributed by atoms with Crippen molar-refractivity contribution in [3.05, 3.63) is 30.3 Å². The van der Waals surface area contributed by atoms with E-state index in [9.17, 15) is 0 Å². The molecule has 0 saturated heterocycles. The molecule has 1 heteroatoms. The van der Waals surface area contributed by atoms with E-state index in [0.29, 0.717) is 0 Å². The van der Waals surface area contributed by atoms with Crippen LogP contribution in [0.15, 0.2) is 30.3 Å². The van der Waals surface area contributed by atoms with Crippen molar-refractivity contribution in [2.75, 3.05) is 11.9 Å². The molecule has 0 saturated carbocycles. The van der Waals surface area contributed by atoms with Crippen molar-refractivity contribution in [2.45, 2.75) is 34.6 Å².